The Morgan fingerprint density at radius 3 is 2.94 bits per heavy atom. The highest BCUT2D eigenvalue weighted by molar-refractivity contribution is 9.11. The van der Waals surface area contributed by atoms with Gasteiger partial charge in [0.2, 0.25) is 0 Å². The summed E-state index contributed by atoms with van der Waals surface area (Å²) in [6, 6.07) is 3.87. The molecule has 0 spiro atoms. The molecule has 0 aromatic heterocycles. The number of hydrogen-bond donors (Lipinski definition) is 1. The molecule has 1 aromatic rings. The molecule has 1 heterocycles. The monoisotopic (exact) mass is 331 g/mol. The molecule has 1 aliphatic heterocycles. The van der Waals surface area contributed by atoms with Crippen LogP contribution in [-0.4, -0.2) is 19.8 Å². The van der Waals surface area contributed by atoms with E-state index in [9.17, 15) is 0 Å². The fourth-order valence-electron chi connectivity index (χ4n) is 1.73. The molecule has 0 amide bonds. The van der Waals surface area contributed by atoms with Gasteiger partial charge in [0.05, 0.1) is 18.2 Å². The number of halogens is 2. The third-order valence-electron chi connectivity index (χ3n) is 2.51. The van der Waals surface area contributed by atoms with Crippen LogP contribution in [0.3, 0.4) is 0 Å². The second-order valence-electron chi connectivity index (χ2n) is 4.08. The lowest BCUT2D eigenvalue weighted by molar-refractivity contribution is 0.297. The molecule has 1 N–H and O–H groups in total. The summed E-state index contributed by atoms with van der Waals surface area (Å²) in [5.41, 5.74) is 1.07. The largest absolute Gasteiger partial charge is 0.489 e. The van der Waals surface area contributed by atoms with Gasteiger partial charge in [-0.05, 0) is 17.7 Å². The molecule has 3 nitrogen and oxygen atoms in total. The summed E-state index contributed by atoms with van der Waals surface area (Å²) in [7, 11) is 0. The van der Waals surface area contributed by atoms with Gasteiger partial charge in [-0.25, -0.2) is 0 Å². The van der Waals surface area contributed by atoms with Crippen molar-refractivity contribution in [2.45, 2.75) is 13.0 Å². The molecule has 0 radical (unpaired) electrons. The SMILES string of the molecule is C=C(Br)CNCc1cc(Cl)c2c(c1)OCCCO2. The first-order valence-electron chi connectivity index (χ1n) is 5.79. The Morgan fingerprint density at radius 2 is 2.17 bits per heavy atom. The van der Waals surface area contributed by atoms with Crippen molar-refractivity contribution in [2.24, 2.45) is 0 Å². The lowest BCUT2D eigenvalue weighted by Crippen LogP contribution is -2.14. The van der Waals surface area contributed by atoms with E-state index in [2.05, 4.69) is 27.8 Å². The van der Waals surface area contributed by atoms with Gasteiger partial charge in [-0.2, -0.15) is 0 Å². The van der Waals surface area contributed by atoms with Crippen LogP contribution in [0.2, 0.25) is 5.02 Å². The molecule has 0 saturated carbocycles. The zero-order chi connectivity index (χ0) is 13.0. The van der Waals surface area contributed by atoms with E-state index < -0.39 is 0 Å². The van der Waals surface area contributed by atoms with Gasteiger partial charge < -0.3 is 14.8 Å². The Hall–Kier alpha value is -0.710. The van der Waals surface area contributed by atoms with Gasteiger partial charge in [0.15, 0.2) is 11.5 Å². The predicted molar refractivity (Wildman–Crippen MR) is 76.8 cm³/mol. The van der Waals surface area contributed by atoms with Crippen molar-refractivity contribution < 1.29 is 9.47 Å². The molecule has 2 rings (SSSR count). The van der Waals surface area contributed by atoms with E-state index in [1.807, 2.05) is 12.1 Å². The molecule has 1 aromatic carbocycles. The van der Waals surface area contributed by atoms with Crippen LogP contribution in [0.4, 0.5) is 0 Å². The average molecular weight is 333 g/mol. The summed E-state index contributed by atoms with van der Waals surface area (Å²) in [6.45, 7) is 6.51. The van der Waals surface area contributed by atoms with Gasteiger partial charge >= 0.3 is 0 Å². The highest BCUT2D eigenvalue weighted by atomic mass is 79.9. The molecular weight excluding hydrogens is 318 g/mol. The third kappa shape index (κ3) is 3.64. The molecule has 0 saturated heterocycles. The summed E-state index contributed by atoms with van der Waals surface area (Å²) in [4.78, 5) is 0. The summed E-state index contributed by atoms with van der Waals surface area (Å²) in [6.07, 6.45) is 0.877. The molecule has 18 heavy (non-hydrogen) atoms. The number of hydrogen-bond acceptors (Lipinski definition) is 3. The predicted octanol–water partition coefficient (Wildman–Crippen LogP) is 3.50. The zero-order valence-corrected chi connectivity index (χ0v) is 12.3. The maximum Gasteiger partial charge on any atom is 0.179 e. The third-order valence-corrected chi connectivity index (χ3v) is 3.07. The maximum absolute atomic E-state index is 6.20. The molecular formula is C13H15BrClNO2. The Morgan fingerprint density at radius 1 is 1.39 bits per heavy atom. The Kier molecular flexibility index (Phi) is 4.92. The van der Waals surface area contributed by atoms with Crippen molar-refractivity contribution >= 4 is 27.5 Å². The number of benzene rings is 1. The fraction of sp³-hybridized carbons (Fsp3) is 0.385. The lowest BCUT2D eigenvalue weighted by Gasteiger charge is -2.12. The first-order chi connectivity index (χ1) is 8.66. The van der Waals surface area contributed by atoms with Crippen LogP contribution in [0, 0.1) is 0 Å². The van der Waals surface area contributed by atoms with E-state index in [1.165, 1.54) is 0 Å². The van der Waals surface area contributed by atoms with Crippen molar-refractivity contribution in [1.29, 1.82) is 0 Å². The van der Waals surface area contributed by atoms with E-state index in [0.717, 1.165) is 22.2 Å². The molecule has 98 valence electrons. The topological polar surface area (TPSA) is 30.5 Å². The van der Waals surface area contributed by atoms with Crippen LogP contribution in [0.15, 0.2) is 23.2 Å². The number of fused-ring (bicyclic) bond motifs is 1. The second kappa shape index (κ2) is 6.45. The van der Waals surface area contributed by atoms with E-state index in [-0.39, 0.29) is 0 Å². The van der Waals surface area contributed by atoms with Crippen LogP contribution >= 0.6 is 27.5 Å². The summed E-state index contributed by atoms with van der Waals surface area (Å²) in [5.74, 6) is 1.39. The first kappa shape index (κ1) is 13.7. The molecule has 0 unspecified atom stereocenters. The van der Waals surface area contributed by atoms with Crippen LogP contribution < -0.4 is 14.8 Å². The quantitative estimate of drug-likeness (QED) is 0.915. The van der Waals surface area contributed by atoms with Crippen molar-refractivity contribution in [1.82, 2.24) is 5.32 Å². The van der Waals surface area contributed by atoms with Gasteiger partial charge in [0.1, 0.15) is 0 Å². The van der Waals surface area contributed by atoms with Gasteiger partial charge in [-0.15, -0.1) is 0 Å². The normalized spacial score (nSPS) is 14.1. The number of nitrogens with one attached hydrogen (secondary N) is 1. The van der Waals surface area contributed by atoms with Gasteiger partial charge in [-0.1, -0.05) is 34.1 Å². The van der Waals surface area contributed by atoms with Crippen LogP contribution in [0.1, 0.15) is 12.0 Å². The minimum atomic E-state index is 0.601. The summed E-state index contributed by atoms with van der Waals surface area (Å²) in [5, 5.41) is 3.85. The Bertz CT molecular complexity index is 451. The molecule has 0 fully saturated rings. The van der Waals surface area contributed by atoms with E-state index in [1.54, 1.807) is 0 Å². The highest BCUT2D eigenvalue weighted by Gasteiger charge is 2.15. The lowest BCUT2D eigenvalue weighted by atomic mass is 10.2. The van der Waals surface area contributed by atoms with Crippen molar-refractivity contribution in [2.75, 3.05) is 19.8 Å². The van der Waals surface area contributed by atoms with Crippen molar-refractivity contribution in [3.63, 3.8) is 0 Å². The Labute approximate surface area is 120 Å². The van der Waals surface area contributed by atoms with Gasteiger partial charge in [0, 0.05) is 24.0 Å². The zero-order valence-electron chi connectivity index (χ0n) is 9.97. The molecule has 0 bridgehead atoms. The molecule has 0 aliphatic carbocycles. The van der Waals surface area contributed by atoms with Gasteiger partial charge in [0.25, 0.3) is 0 Å². The molecule has 0 atom stereocenters. The Balaban J connectivity index is 2.10. The highest BCUT2D eigenvalue weighted by Crippen LogP contribution is 2.37. The standard InChI is InChI=1S/C13H15BrClNO2/c1-9(14)7-16-8-10-5-11(15)13-12(6-10)17-3-2-4-18-13/h5-6,16H,1-4,7-8H2. The molecule has 1 aliphatic rings. The summed E-state index contributed by atoms with van der Waals surface area (Å²) >= 11 is 9.51. The van der Waals surface area contributed by atoms with E-state index in [4.69, 9.17) is 21.1 Å². The number of ether oxygens (including phenoxy) is 2. The number of rotatable bonds is 4. The minimum Gasteiger partial charge on any atom is -0.489 e. The minimum absolute atomic E-state index is 0.601. The van der Waals surface area contributed by atoms with Crippen molar-refractivity contribution in [3.05, 3.63) is 33.8 Å². The fourth-order valence-corrected chi connectivity index (χ4v) is 2.21. The maximum atomic E-state index is 6.20. The summed E-state index contributed by atoms with van der Waals surface area (Å²) < 4.78 is 12.1. The van der Waals surface area contributed by atoms with Crippen molar-refractivity contribution in [3.8, 4) is 11.5 Å². The average Bonchev–Trinajstić information content (AvgIpc) is 2.54. The molecule has 5 heteroatoms. The van der Waals surface area contributed by atoms with E-state index in [0.29, 0.717) is 37.1 Å². The van der Waals surface area contributed by atoms with Crippen LogP contribution in [0.5, 0.6) is 11.5 Å². The van der Waals surface area contributed by atoms with Gasteiger partial charge in [-0.3, -0.25) is 0 Å². The van der Waals surface area contributed by atoms with E-state index >= 15 is 0 Å². The second-order valence-corrected chi connectivity index (χ2v) is 5.60. The first-order valence-corrected chi connectivity index (χ1v) is 6.96. The van der Waals surface area contributed by atoms with Crippen LogP contribution in [0.25, 0.3) is 0 Å². The smallest absolute Gasteiger partial charge is 0.179 e. The van der Waals surface area contributed by atoms with Crippen LogP contribution in [-0.2, 0) is 6.54 Å².